The van der Waals surface area contributed by atoms with E-state index in [0.29, 0.717) is 12.1 Å². The van der Waals surface area contributed by atoms with Crippen molar-refractivity contribution in [2.24, 2.45) is 0 Å². The molecule has 3 rings (SSSR count). The summed E-state index contributed by atoms with van der Waals surface area (Å²) < 4.78 is 0. The molecule has 1 heterocycles. The van der Waals surface area contributed by atoms with E-state index in [1.807, 2.05) is 0 Å². The van der Waals surface area contributed by atoms with Gasteiger partial charge in [0, 0.05) is 6.04 Å². The maximum absolute atomic E-state index is 3.85. The largest absolute Gasteiger partial charge is 0.344 e. The van der Waals surface area contributed by atoms with Gasteiger partial charge in [0.15, 0.2) is 0 Å². The van der Waals surface area contributed by atoms with Crippen molar-refractivity contribution >= 4 is 0 Å². The maximum Gasteiger partial charge on any atom is 0.0578 e. The molecule has 0 amide bonds. The van der Waals surface area contributed by atoms with Crippen LogP contribution in [-0.4, -0.2) is 19.1 Å². The normalized spacial score (nSPS) is 14.5. The molecule has 0 atom stereocenters. The van der Waals surface area contributed by atoms with E-state index in [2.05, 4.69) is 85.1 Å². The van der Waals surface area contributed by atoms with Gasteiger partial charge in [0.25, 0.3) is 0 Å². The molecule has 5 N–H and O–H groups in total. The number of nitrogens with one attached hydrogen (secondary N) is 2. The first kappa shape index (κ1) is 20.4. The zero-order valence-electron chi connectivity index (χ0n) is 15.2. The minimum absolute atomic E-state index is 0. The van der Waals surface area contributed by atoms with Crippen LogP contribution in [0.4, 0.5) is 0 Å². The fourth-order valence-electron chi connectivity index (χ4n) is 2.90. The highest BCUT2D eigenvalue weighted by atomic mass is 15.0. The molecule has 0 bridgehead atoms. The van der Waals surface area contributed by atoms with Crippen molar-refractivity contribution in [3.8, 4) is 0 Å². The SMILES string of the molecule is CCC.N.c1ccc(C(NC2CCNCC2)c2ccccc2)cc1. The molecule has 132 valence electrons. The number of rotatable bonds is 4. The van der Waals surface area contributed by atoms with Crippen LogP contribution in [0.5, 0.6) is 0 Å². The Morgan fingerprint density at radius 1 is 0.875 bits per heavy atom. The summed E-state index contributed by atoms with van der Waals surface area (Å²) in [5, 5.41) is 7.28. The smallest absolute Gasteiger partial charge is 0.0578 e. The molecule has 1 aliphatic heterocycles. The fraction of sp³-hybridized carbons (Fsp3) is 0.429. The summed E-state index contributed by atoms with van der Waals surface area (Å²) in [4.78, 5) is 0. The molecule has 0 saturated carbocycles. The lowest BCUT2D eigenvalue weighted by Gasteiger charge is -2.29. The van der Waals surface area contributed by atoms with E-state index < -0.39 is 0 Å². The molecule has 2 aromatic carbocycles. The Hall–Kier alpha value is -1.68. The summed E-state index contributed by atoms with van der Waals surface area (Å²) >= 11 is 0. The van der Waals surface area contributed by atoms with Crippen LogP contribution in [0.1, 0.15) is 50.3 Å². The zero-order valence-corrected chi connectivity index (χ0v) is 15.2. The van der Waals surface area contributed by atoms with Gasteiger partial charge in [-0.05, 0) is 37.1 Å². The molecule has 0 unspecified atom stereocenters. The van der Waals surface area contributed by atoms with E-state index in [1.165, 1.54) is 30.4 Å². The van der Waals surface area contributed by atoms with E-state index in [4.69, 9.17) is 0 Å². The molecule has 1 fully saturated rings. The van der Waals surface area contributed by atoms with Crippen LogP contribution in [-0.2, 0) is 0 Å². The van der Waals surface area contributed by atoms with Crippen molar-refractivity contribution < 1.29 is 0 Å². The van der Waals surface area contributed by atoms with Gasteiger partial charge >= 0.3 is 0 Å². The summed E-state index contributed by atoms with van der Waals surface area (Å²) in [7, 11) is 0. The van der Waals surface area contributed by atoms with Crippen molar-refractivity contribution in [3.05, 3.63) is 71.8 Å². The van der Waals surface area contributed by atoms with Crippen LogP contribution in [0, 0.1) is 0 Å². The van der Waals surface area contributed by atoms with Crippen molar-refractivity contribution in [3.63, 3.8) is 0 Å². The third-order valence-corrected chi connectivity index (χ3v) is 4.01. The Bertz CT molecular complexity index is 482. The molecule has 1 aliphatic rings. The molecular formula is C21H33N3. The summed E-state index contributed by atoms with van der Waals surface area (Å²) in [6.07, 6.45) is 3.66. The standard InChI is InChI=1S/C18H22N2.C3H8.H3N/c1-3-7-15(8-4-1)18(16-9-5-2-6-10-16)20-17-11-13-19-14-12-17;1-3-2;/h1-10,17-20H,11-14H2;3H2,1-2H3;1H3. The molecule has 0 radical (unpaired) electrons. The van der Waals surface area contributed by atoms with Crippen LogP contribution < -0.4 is 16.8 Å². The lowest BCUT2D eigenvalue weighted by molar-refractivity contribution is 0.367. The average Bonchev–Trinajstić information content (AvgIpc) is 2.63. The lowest BCUT2D eigenvalue weighted by atomic mass is 9.96. The summed E-state index contributed by atoms with van der Waals surface area (Å²) in [6.45, 7) is 6.49. The zero-order chi connectivity index (χ0) is 16.3. The maximum atomic E-state index is 3.85. The average molecular weight is 328 g/mol. The second-order valence-electron chi connectivity index (χ2n) is 6.15. The first-order valence-electron chi connectivity index (χ1n) is 8.91. The topological polar surface area (TPSA) is 59.1 Å². The highest BCUT2D eigenvalue weighted by Gasteiger charge is 2.20. The van der Waals surface area contributed by atoms with Crippen molar-refractivity contribution in [2.45, 2.75) is 45.2 Å². The molecule has 0 spiro atoms. The molecule has 0 aliphatic carbocycles. The third-order valence-electron chi connectivity index (χ3n) is 4.01. The number of benzene rings is 2. The first-order valence-corrected chi connectivity index (χ1v) is 8.91. The van der Waals surface area contributed by atoms with Crippen LogP contribution in [0.3, 0.4) is 0 Å². The van der Waals surface area contributed by atoms with Gasteiger partial charge in [-0.3, -0.25) is 0 Å². The van der Waals surface area contributed by atoms with E-state index in [0.717, 1.165) is 13.1 Å². The molecule has 1 saturated heterocycles. The predicted octanol–water partition coefficient (Wildman–Crippen LogP) is 4.70. The van der Waals surface area contributed by atoms with Gasteiger partial charge in [0.2, 0.25) is 0 Å². The number of hydrogen-bond donors (Lipinski definition) is 3. The second-order valence-corrected chi connectivity index (χ2v) is 6.15. The highest BCUT2D eigenvalue weighted by molar-refractivity contribution is 5.31. The molecule has 0 aromatic heterocycles. The van der Waals surface area contributed by atoms with Crippen molar-refractivity contribution in [2.75, 3.05) is 13.1 Å². The quantitative estimate of drug-likeness (QED) is 0.763. The Kier molecular flexibility index (Phi) is 10.0. The fourth-order valence-corrected chi connectivity index (χ4v) is 2.90. The number of piperidine rings is 1. The minimum Gasteiger partial charge on any atom is -0.344 e. The third kappa shape index (κ3) is 6.44. The number of hydrogen-bond acceptors (Lipinski definition) is 3. The van der Waals surface area contributed by atoms with E-state index in [1.54, 1.807) is 0 Å². The van der Waals surface area contributed by atoms with Crippen LogP contribution in [0.15, 0.2) is 60.7 Å². The summed E-state index contributed by atoms with van der Waals surface area (Å²) in [6, 6.07) is 22.4. The van der Waals surface area contributed by atoms with Crippen molar-refractivity contribution in [1.29, 1.82) is 0 Å². The van der Waals surface area contributed by atoms with Crippen molar-refractivity contribution in [1.82, 2.24) is 16.8 Å². The van der Waals surface area contributed by atoms with Gasteiger partial charge in [-0.2, -0.15) is 0 Å². The molecule has 2 aromatic rings. The monoisotopic (exact) mass is 327 g/mol. The minimum atomic E-state index is 0. The van der Waals surface area contributed by atoms with E-state index >= 15 is 0 Å². The molecular weight excluding hydrogens is 294 g/mol. The Balaban J connectivity index is 0.000000671. The van der Waals surface area contributed by atoms with Gasteiger partial charge in [0.1, 0.15) is 0 Å². The Labute approximate surface area is 147 Å². The highest BCUT2D eigenvalue weighted by Crippen LogP contribution is 2.23. The van der Waals surface area contributed by atoms with Crippen LogP contribution >= 0.6 is 0 Å². The van der Waals surface area contributed by atoms with Gasteiger partial charge in [-0.1, -0.05) is 80.9 Å². The predicted molar refractivity (Wildman–Crippen MR) is 105 cm³/mol. The van der Waals surface area contributed by atoms with Gasteiger partial charge in [0.05, 0.1) is 6.04 Å². The molecule has 3 nitrogen and oxygen atoms in total. The van der Waals surface area contributed by atoms with Crippen LogP contribution in [0.2, 0.25) is 0 Å². The van der Waals surface area contributed by atoms with Gasteiger partial charge < -0.3 is 16.8 Å². The summed E-state index contributed by atoms with van der Waals surface area (Å²) in [5.41, 5.74) is 2.69. The first-order chi connectivity index (χ1) is 11.3. The van der Waals surface area contributed by atoms with E-state index in [9.17, 15) is 0 Å². The lowest BCUT2D eigenvalue weighted by Crippen LogP contribution is -2.41. The van der Waals surface area contributed by atoms with Gasteiger partial charge in [-0.25, -0.2) is 0 Å². The Morgan fingerprint density at radius 3 is 1.71 bits per heavy atom. The van der Waals surface area contributed by atoms with Crippen LogP contribution in [0.25, 0.3) is 0 Å². The van der Waals surface area contributed by atoms with E-state index in [-0.39, 0.29) is 6.15 Å². The Morgan fingerprint density at radius 2 is 1.29 bits per heavy atom. The molecule has 24 heavy (non-hydrogen) atoms. The summed E-state index contributed by atoms with van der Waals surface area (Å²) in [5.74, 6) is 0. The second kappa shape index (κ2) is 11.8. The van der Waals surface area contributed by atoms with Gasteiger partial charge in [-0.15, -0.1) is 0 Å². The molecule has 3 heteroatoms.